The Balaban J connectivity index is 2.00. The van der Waals surface area contributed by atoms with Crippen molar-refractivity contribution in [3.05, 3.63) is 44.0 Å². The maximum absolute atomic E-state index is 12.0. The Hall–Kier alpha value is -2.55. The van der Waals surface area contributed by atoms with Gasteiger partial charge < -0.3 is 4.74 Å². The highest BCUT2D eigenvalue weighted by atomic mass is 16.6. The van der Waals surface area contributed by atoms with Crippen LogP contribution in [0.25, 0.3) is 0 Å². The lowest BCUT2D eigenvalue weighted by molar-refractivity contribution is -0.394. The van der Waals surface area contributed by atoms with Crippen molar-refractivity contribution in [1.29, 1.82) is 0 Å². The van der Waals surface area contributed by atoms with Gasteiger partial charge in [0.25, 0.3) is 11.4 Å². The second-order valence-corrected chi connectivity index (χ2v) is 5.29. The molecule has 0 amide bonds. The van der Waals surface area contributed by atoms with Gasteiger partial charge in [0.1, 0.15) is 6.61 Å². The number of carbonyl (C=O) groups is 1. The third kappa shape index (κ3) is 4.71. The molecule has 0 saturated carbocycles. The minimum atomic E-state index is -0.797. The van der Waals surface area contributed by atoms with Crippen molar-refractivity contribution >= 4 is 17.3 Å². The summed E-state index contributed by atoms with van der Waals surface area (Å²) in [6.45, 7) is 2.65. The number of likely N-dealkylation sites (tertiary alicyclic amines) is 1. The van der Waals surface area contributed by atoms with Crippen molar-refractivity contribution in [2.75, 3.05) is 26.2 Å². The van der Waals surface area contributed by atoms with E-state index in [4.69, 9.17) is 4.74 Å². The van der Waals surface area contributed by atoms with Crippen LogP contribution in [0.5, 0.6) is 0 Å². The summed E-state index contributed by atoms with van der Waals surface area (Å²) >= 11 is 0. The van der Waals surface area contributed by atoms with Crippen molar-refractivity contribution in [2.24, 2.45) is 0 Å². The number of carbonyl (C=O) groups excluding carboxylic acids is 1. The standard InChI is InChI=1S/C14H17N3O6/c18-14(23-7-6-15-4-2-1-3-5-15)11-8-12(16(19)20)10-13(9-11)17(21)22/h8-10H,1-7H2. The van der Waals surface area contributed by atoms with E-state index in [0.717, 1.165) is 44.1 Å². The van der Waals surface area contributed by atoms with Gasteiger partial charge in [0.15, 0.2) is 0 Å². The van der Waals surface area contributed by atoms with Crippen LogP contribution < -0.4 is 0 Å². The molecule has 0 atom stereocenters. The van der Waals surface area contributed by atoms with E-state index in [2.05, 4.69) is 4.90 Å². The van der Waals surface area contributed by atoms with Crippen molar-refractivity contribution < 1.29 is 19.4 Å². The number of benzene rings is 1. The summed E-state index contributed by atoms with van der Waals surface area (Å²) in [5, 5.41) is 21.6. The molecule has 1 aliphatic heterocycles. The Labute approximate surface area is 132 Å². The van der Waals surface area contributed by atoms with Crippen LogP contribution in [-0.4, -0.2) is 47.0 Å². The van der Waals surface area contributed by atoms with Gasteiger partial charge in [-0.05, 0) is 25.9 Å². The fourth-order valence-electron chi connectivity index (χ4n) is 2.46. The summed E-state index contributed by atoms with van der Waals surface area (Å²) in [7, 11) is 0. The number of rotatable bonds is 6. The van der Waals surface area contributed by atoms with Gasteiger partial charge in [-0.3, -0.25) is 25.1 Å². The normalized spacial score (nSPS) is 15.1. The lowest BCUT2D eigenvalue weighted by atomic mass is 10.1. The second kappa shape index (κ2) is 7.63. The van der Waals surface area contributed by atoms with Crippen LogP contribution in [0.3, 0.4) is 0 Å². The number of nitrogens with zero attached hydrogens (tertiary/aromatic N) is 3. The molecule has 1 aromatic rings. The van der Waals surface area contributed by atoms with Crippen molar-refractivity contribution in [3.63, 3.8) is 0 Å². The zero-order chi connectivity index (χ0) is 16.8. The van der Waals surface area contributed by atoms with E-state index in [-0.39, 0.29) is 12.2 Å². The SMILES string of the molecule is O=C(OCCN1CCCCC1)c1cc([N+](=O)[O-])cc([N+](=O)[O-])c1. The number of nitro benzene ring substituents is 2. The van der Waals surface area contributed by atoms with Crippen LogP contribution in [0.2, 0.25) is 0 Å². The van der Waals surface area contributed by atoms with Gasteiger partial charge in [-0.25, -0.2) is 4.79 Å². The predicted octanol–water partition coefficient (Wildman–Crippen LogP) is 2.15. The quantitative estimate of drug-likeness (QED) is 0.447. The Morgan fingerprint density at radius 1 is 1.04 bits per heavy atom. The maximum Gasteiger partial charge on any atom is 0.338 e. The number of esters is 1. The van der Waals surface area contributed by atoms with E-state index < -0.39 is 27.2 Å². The highest BCUT2D eigenvalue weighted by Gasteiger charge is 2.21. The molecule has 2 rings (SSSR count). The summed E-state index contributed by atoms with van der Waals surface area (Å²) < 4.78 is 5.07. The van der Waals surface area contributed by atoms with E-state index in [9.17, 15) is 25.0 Å². The van der Waals surface area contributed by atoms with Gasteiger partial charge in [0.05, 0.1) is 21.5 Å². The number of ether oxygens (including phenoxy) is 1. The first-order valence-electron chi connectivity index (χ1n) is 7.31. The molecule has 23 heavy (non-hydrogen) atoms. The summed E-state index contributed by atoms with van der Waals surface area (Å²) in [5.41, 5.74) is -1.21. The molecule has 0 aliphatic carbocycles. The number of hydrogen-bond acceptors (Lipinski definition) is 7. The first kappa shape index (κ1) is 16.8. The molecule has 1 heterocycles. The highest BCUT2D eigenvalue weighted by Crippen LogP contribution is 2.23. The van der Waals surface area contributed by atoms with Gasteiger partial charge >= 0.3 is 5.97 Å². The molecule has 0 bridgehead atoms. The Morgan fingerprint density at radius 2 is 1.61 bits per heavy atom. The molecular weight excluding hydrogens is 306 g/mol. The van der Waals surface area contributed by atoms with Gasteiger partial charge in [0.2, 0.25) is 0 Å². The van der Waals surface area contributed by atoms with E-state index in [1.807, 2.05) is 0 Å². The molecule has 9 heteroatoms. The summed E-state index contributed by atoms with van der Waals surface area (Å²) in [4.78, 5) is 34.2. The smallest absolute Gasteiger partial charge is 0.338 e. The summed E-state index contributed by atoms with van der Waals surface area (Å²) in [6, 6.07) is 2.77. The van der Waals surface area contributed by atoms with E-state index in [1.54, 1.807) is 0 Å². The molecule has 0 unspecified atom stereocenters. The molecule has 9 nitrogen and oxygen atoms in total. The lowest BCUT2D eigenvalue weighted by Gasteiger charge is -2.25. The Morgan fingerprint density at radius 3 is 2.13 bits per heavy atom. The maximum atomic E-state index is 12.0. The average molecular weight is 323 g/mol. The first-order chi connectivity index (χ1) is 11.0. The minimum Gasteiger partial charge on any atom is -0.461 e. The highest BCUT2D eigenvalue weighted by molar-refractivity contribution is 5.91. The summed E-state index contributed by atoms with van der Waals surface area (Å²) in [5.74, 6) is -0.797. The molecule has 0 spiro atoms. The van der Waals surface area contributed by atoms with E-state index in [1.165, 1.54) is 6.42 Å². The molecular formula is C14H17N3O6. The minimum absolute atomic E-state index is 0.148. The fourth-order valence-corrected chi connectivity index (χ4v) is 2.46. The first-order valence-corrected chi connectivity index (χ1v) is 7.31. The van der Waals surface area contributed by atoms with Crippen molar-refractivity contribution in [2.45, 2.75) is 19.3 Å². The largest absolute Gasteiger partial charge is 0.461 e. The third-order valence-electron chi connectivity index (χ3n) is 3.65. The molecule has 0 aromatic heterocycles. The molecule has 1 saturated heterocycles. The number of hydrogen-bond donors (Lipinski definition) is 0. The van der Waals surface area contributed by atoms with Crippen LogP contribution in [-0.2, 0) is 4.74 Å². The third-order valence-corrected chi connectivity index (χ3v) is 3.65. The second-order valence-electron chi connectivity index (χ2n) is 5.29. The molecule has 0 N–H and O–H groups in total. The van der Waals surface area contributed by atoms with Gasteiger partial charge in [0, 0.05) is 18.7 Å². The zero-order valence-corrected chi connectivity index (χ0v) is 12.5. The number of piperidine rings is 1. The van der Waals surface area contributed by atoms with Crippen LogP contribution in [0.4, 0.5) is 11.4 Å². The number of nitro groups is 2. The fraction of sp³-hybridized carbons (Fsp3) is 0.500. The Kier molecular flexibility index (Phi) is 5.58. The molecule has 0 radical (unpaired) electrons. The van der Waals surface area contributed by atoms with Crippen LogP contribution in [0.15, 0.2) is 18.2 Å². The average Bonchev–Trinajstić information content (AvgIpc) is 2.55. The van der Waals surface area contributed by atoms with E-state index in [0.29, 0.717) is 6.54 Å². The van der Waals surface area contributed by atoms with Crippen molar-refractivity contribution in [3.8, 4) is 0 Å². The lowest BCUT2D eigenvalue weighted by Crippen LogP contribution is -2.33. The van der Waals surface area contributed by atoms with Crippen LogP contribution in [0, 0.1) is 20.2 Å². The predicted molar refractivity (Wildman–Crippen MR) is 80.3 cm³/mol. The monoisotopic (exact) mass is 323 g/mol. The molecule has 1 aliphatic rings. The summed E-state index contributed by atoms with van der Waals surface area (Å²) in [6.07, 6.45) is 3.43. The van der Waals surface area contributed by atoms with Crippen molar-refractivity contribution in [1.82, 2.24) is 4.90 Å². The Bertz CT molecular complexity index is 580. The van der Waals surface area contributed by atoms with Gasteiger partial charge in [-0.2, -0.15) is 0 Å². The zero-order valence-electron chi connectivity index (χ0n) is 12.5. The van der Waals surface area contributed by atoms with Crippen LogP contribution in [0.1, 0.15) is 29.6 Å². The number of non-ortho nitro benzene ring substituents is 2. The molecule has 1 aromatic carbocycles. The van der Waals surface area contributed by atoms with Gasteiger partial charge in [-0.15, -0.1) is 0 Å². The molecule has 124 valence electrons. The van der Waals surface area contributed by atoms with E-state index >= 15 is 0 Å². The van der Waals surface area contributed by atoms with Gasteiger partial charge in [-0.1, -0.05) is 6.42 Å². The molecule has 1 fully saturated rings. The topological polar surface area (TPSA) is 116 Å². The van der Waals surface area contributed by atoms with Crippen LogP contribution >= 0.6 is 0 Å².